The second-order valence-electron chi connectivity index (χ2n) is 6.59. The molecule has 0 saturated heterocycles. The van der Waals surface area contributed by atoms with E-state index in [4.69, 9.17) is 14.2 Å². The minimum Gasteiger partial charge on any atom is -0.490 e. The van der Waals surface area contributed by atoms with Crippen LogP contribution in [0.4, 0.5) is 0 Å². The maximum Gasteiger partial charge on any atom is 0.254 e. The zero-order valence-electron chi connectivity index (χ0n) is 16.8. The lowest BCUT2D eigenvalue weighted by molar-refractivity contribution is 0.0726. The van der Waals surface area contributed by atoms with Crippen molar-refractivity contribution in [3.63, 3.8) is 0 Å². The van der Waals surface area contributed by atoms with Gasteiger partial charge in [0.1, 0.15) is 0 Å². The summed E-state index contributed by atoms with van der Waals surface area (Å²) in [5, 5.41) is 0. The topological polar surface area (TPSA) is 60.9 Å². The van der Waals surface area contributed by atoms with Gasteiger partial charge in [-0.25, -0.2) is 0 Å². The van der Waals surface area contributed by atoms with Crippen LogP contribution < -0.4 is 14.2 Å². The highest BCUT2D eigenvalue weighted by Crippen LogP contribution is 2.40. The third-order valence-corrected chi connectivity index (χ3v) is 4.46. The van der Waals surface area contributed by atoms with Crippen LogP contribution in [0.15, 0.2) is 36.5 Å². The van der Waals surface area contributed by atoms with Crippen molar-refractivity contribution in [1.82, 2.24) is 9.88 Å². The SMILES string of the molecule is CCOc1cc(C(=O)N(Cc2ccccn2)C2CC2)cc(OCC)c1OCC. The fourth-order valence-corrected chi connectivity index (χ4v) is 3.10. The Morgan fingerprint density at radius 1 is 1.04 bits per heavy atom. The summed E-state index contributed by atoms with van der Waals surface area (Å²) in [6.45, 7) is 7.65. The largest absolute Gasteiger partial charge is 0.490 e. The van der Waals surface area contributed by atoms with Crippen molar-refractivity contribution in [2.24, 2.45) is 0 Å². The van der Waals surface area contributed by atoms with Crippen molar-refractivity contribution in [2.45, 2.75) is 46.2 Å². The minimum atomic E-state index is -0.0434. The quantitative estimate of drug-likeness (QED) is 0.618. The smallest absolute Gasteiger partial charge is 0.254 e. The molecule has 1 heterocycles. The third-order valence-electron chi connectivity index (χ3n) is 4.46. The second kappa shape index (κ2) is 9.44. The van der Waals surface area contributed by atoms with Crippen LogP contribution in [0.1, 0.15) is 49.7 Å². The van der Waals surface area contributed by atoms with Crippen LogP contribution in [-0.4, -0.2) is 41.7 Å². The summed E-state index contributed by atoms with van der Waals surface area (Å²) in [4.78, 5) is 19.6. The molecule has 2 aromatic rings. The number of hydrogen-bond donors (Lipinski definition) is 0. The monoisotopic (exact) mass is 384 g/mol. The molecule has 150 valence electrons. The van der Waals surface area contributed by atoms with Crippen molar-refractivity contribution >= 4 is 5.91 Å². The number of rotatable bonds is 10. The lowest BCUT2D eigenvalue weighted by Gasteiger charge is -2.23. The van der Waals surface area contributed by atoms with Crippen LogP contribution in [0.25, 0.3) is 0 Å². The van der Waals surface area contributed by atoms with E-state index in [0.717, 1.165) is 18.5 Å². The zero-order chi connectivity index (χ0) is 19.9. The molecule has 0 bridgehead atoms. The minimum absolute atomic E-state index is 0.0434. The molecule has 0 atom stereocenters. The highest BCUT2D eigenvalue weighted by atomic mass is 16.5. The van der Waals surface area contributed by atoms with Crippen LogP contribution in [0, 0.1) is 0 Å². The number of benzene rings is 1. The molecule has 1 aromatic carbocycles. The molecule has 0 N–H and O–H groups in total. The number of amides is 1. The van der Waals surface area contributed by atoms with Crippen molar-refractivity contribution in [3.8, 4) is 17.2 Å². The number of carbonyl (C=O) groups is 1. The van der Waals surface area contributed by atoms with E-state index in [1.165, 1.54) is 0 Å². The van der Waals surface area contributed by atoms with Gasteiger partial charge in [-0.1, -0.05) is 6.07 Å². The van der Waals surface area contributed by atoms with Gasteiger partial charge in [0.2, 0.25) is 5.75 Å². The van der Waals surface area contributed by atoms with Gasteiger partial charge in [-0.2, -0.15) is 0 Å². The predicted octanol–water partition coefficient (Wildman–Crippen LogP) is 4.08. The maximum atomic E-state index is 13.4. The van der Waals surface area contributed by atoms with Gasteiger partial charge in [0.25, 0.3) is 5.91 Å². The van der Waals surface area contributed by atoms with E-state index in [-0.39, 0.29) is 11.9 Å². The molecule has 6 nitrogen and oxygen atoms in total. The van der Waals surface area contributed by atoms with Gasteiger partial charge < -0.3 is 19.1 Å². The van der Waals surface area contributed by atoms with Crippen molar-refractivity contribution in [1.29, 1.82) is 0 Å². The fourth-order valence-electron chi connectivity index (χ4n) is 3.10. The Kier molecular flexibility index (Phi) is 6.74. The molecule has 1 aromatic heterocycles. The second-order valence-corrected chi connectivity index (χ2v) is 6.59. The third kappa shape index (κ3) is 4.74. The average molecular weight is 384 g/mol. The zero-order valence-corrected chi connectivity index (χ0v) is 16.8. The average Bonchev–Trinajstić information content (AvgIpc) is 3.54. The molecule has 1 saturated carbocycles. The molecular formula is C22H28N2O4. The van der Waals surface area contributed by atoms with E-state index in [2.05, 4.69) is 4.98 Å². The first kappa shape index (κ1) is 20.0. The molecule has 1 aliphatic carbocycles. The normalized spacial score (nSPS) is 13.1. The predicted molar refractivity (Wildman–Crippen MR) is 107 cm³/mol. The van der Waals surface area contributed by atoms with Gasteiger partial charge in [-0.15, -0.1) is 0 Å². The maximum absolute atomic E-state index is 13.4. The van der Waals surface area contributed by atoms with Gasteiger partial charge in [0, 0.05) is 17.8 Å². The fraction of sp³-hybridized carbons (Fsp3) is 0.455. The van der Waals surface area contributed by atoms with Gasteiger partial charge in [0.15, 0.2) is 11.5 Å². The molecule has 0 aliphatic heterocycles. The van der Waals surface area contributed by atoms with Crippen molar-refractivity contribution in [3.05, 3.63) is 47.8 Å². The first-order chi connectivity index (χ1) is 13.7. The summed E-state index contributed by atoms with van der Waals surface area (Å²) in [7, 11) is 0. The molecule has 1 amide bonds. The first-order valence-electron chi connectivity index (χ1n) is 9.95. The Morgan fingerprint density at radius 2 is 1.68 bits per heavy atom. The summed E-state index contributed by atoms with van der Waals surface area (Å²) < 4.78 is 17.2. The number of carbonyl (C=O) groups excluding carboxylic acids is 1. The summed E-state index contributed by atoms with van der Waals surface area (Å²) >= 11 is 0. The van der Waals surface area contributed by atoms with E-state index in [9.17, 15) is 4.79 Å². The Morgan fingerprint density at radius 3 is 2.18 bits per heavy atom. The van der Waals surface area contributed by atoms with E-state index in [1.54, 1.807) is 18.3 Å². The van der Waals surface area contributed by atoms with Crippen LogP contribution in [0.5, 0.6) is 17.2 Å². The molecule has 1 fully saturated rings. The molecule has 1 aliphatic rings. The lowest BCUT2D eigenvalue weighted by Crippen LogP contribution is -2.33. The molecule has 0 radical (unpaired) electrons. The van der Waals surface area contributed by atoms with Gasteiger partial charge in [0.05, 0.1) is 32.1 Å². The Balaban J connectivity index is 1.94. The Hall–Kier alpha value is -2.76. The molecule has 3 rings (SSSR count). The number of hydrogen-bond acceptors (Lipinski definition) is 5. The molecule has 6 heteroatoms. The van der Waals surface area contributed by atoms with Gasteiger partial charge in [-0.3, -0.25) is 9.78 Å². The summed E-state index contributed by atoms with van der Waals surface area (Å²) in [6, 6.07) is 9.53. The lowest BCUT2D eigenvalue weighted by atomic mass is 10.1. The highest BCUT2D eigenvalue weighted by molar-refractivity contribution is 5.96. The van der Waals surface area contributed by atoms with Crippen LogP contribution in [-0.2, 0) is 6.54 Å². The Labute approximate surface area is 166 Å². The molecule has 0 unspecified atom stereocenters. The van der Waals surface area contributed by atoms with Crippen molar-refractivity contribution < 1.29 is 19.0 Å². The molecule has 28 heavy (non-hydrogen) atoms. The number of pyridine rings is 1. The van der Waals surface area contributed by atoms with Crippen LogP contribution in [0.3, 0.4) is 0 Å². The highest BCUT2D eigenvalue weighted by Gasteiger charge is 2.34. The summed E-state index contributed by atoms with van der Waals surface area (Å²) in [5.41, 5.74) is 1.42. The van der Waals surface area contributed by atoms with E-state index >= 15 is 0 Å². The molecule has 0 spiro atoms. The van der Waals surface area contributed by atoms with E-state index < -0.39 is 0 Å². The standard InChI is InChI=1S/C22H28N2O4/c1-4-26-19-13-16(14-20(27-5-2)21(19)28-6-3)22(25)24(18-10-11-18)15-17-9-7-8-12-23-17/h7-9,12-14,18H,4-6,10-11,15H2,1-3H3. The van der Waals surface area contributed by atoms with Crippen LogP contribution >= 0.6 is 0 Å². The van der Waals surface area contributed by atoms with E-state index in [1.807, 2.05) is 43.9 Å². The Bertz CT molecular complexity index is 763. The number of nitrogens with zero attached hydrogens (tertiary/aromatic N) is 2. The first-order valence-corrected chi connectivity index (χ1v) is 9.95. The van der Waals surface area contributed by atoms with E-state index in [0.29, 0.717) is 49.2 Å². The van der Waals surface area contributed by atoms with Gasteiger partial charge >= 0.3 is 0 Å². The van der Waals surface area contributed by atoms with Crippen LogP contribution in [0.2, 0.25) is 0 Å². The van der Waals surface area contributed by atoms with Gasteiger partial charge in [-0.05, 0) is 57.9 Å². The number of aromatic nitrogens is 1. The number of ether oxygens (including phenoxy) is 3. The summed E-state index contributed by atoms with van der Waals surface area (Å²) in [5.74, 6) is 1.57. The van der Waals surface area contributed by atoms with Crippen molar-refractivity contribution in [2.75, 3.05) is 19.8 Å². The molecular weight excluding hydrogens is 356 g/mol. The summed E-state index contributed by atoms with van der Waals surface area (Å²) in [6.07, 6.45) is 3.79.